The van der Waals surface area contributed by atoms with Gasteiger partial charge in [-0.05, 0) is 29.6 Å². The standard InChI is InChI=1S/C15H11N2.C11H6F2N.Ir/c1-3-7-14(8-4-1)16-11-12-17(13-16)15-9-5-2-6-10-15;12-8-4-5-9(10(13)7-8)11-3-1-2-6-14-11;/h1-9,11-12H;1-4,6-7H;/q2*-1;+3. The van der Waals surface area contributed by atoms with Crippen LogP contribution < -0.4 is 4.57 Å². The molecule has 0 radical (unpaired) electrons. The van der Waals surface area contributed by atoms with Crippen LogP contribution >= 0.6 is 0 Å². The summed E-state index contributed by atoms with van der Waals surface area (Å²) >= 11 is 0. The summed E-state index contributed by atoms with van der Waals surface area (Å²) < 4.78 is 29.7. The van der Waals surface area contributed by atoms with Gasteiger partial charge in [0.25, 0.3) is 6.33 Å². The van der Waals surface area contributed by atoms with Crippen molar-refractivity contribution in [3.05, 3.63) is 134 Å². The van der Waals surface area contributed by atoms with E-state index in [1.165, 1.54) is 0 Å². The van der Waals surface area contributed by atoms with Crippen molar-refractivity contribution in [2.75, 3.05) is 0 Å². The van der Waals surface area contributed by atoms with Crippen LogP contribution in [0.25, 0.3) is 22.6 Å². The third-order valence-electron chi connectivity index (χ3n) is 4.35. The molecule has 158 valence electrons. The van der Waals surface area contributed by atoms with Crippen molar-refractivity contribution in [1.29, 1.82) is 0 Å². The van der Waals surface area contributed by atoms with Gasteiger partial charge in [0.05, 0.1) is 5.69 Å². The number of para-hydroxylation sites is 2. The summed E-state index contributed by atoms with van der Waals surface area (Å²) in [7, 11) is 0. The number of benzene rings is 3. The van der Waals surface area contributed by atoms with Crippen LogP contribution in [0, 0.1) is 30.1 Å². The molecule has 3 aromatic carbocycles. The Hall–Kier alpha value is -3.47. The van der Waals surface area contributed by atoms with Crippen LogP contribution in [0.3, 0.4) is 0 Å². The molecule has 0 aliphatic carbocycles. The average Bonchev–Trinajstić information content (AvgIpc) is 3.32. The summed E-state index contributed by atoms with van der Waals surface area (Å²) in [4.78, 5) is 3.95. The van der Waals surface area contributed by atoms with E-state index in [0.717, 1.165) is 23.5 Å². The van der Waals surface area contributed by atoms with Gasteiger partial charge in [-0.15, -0.1) is 12.1 Å². The second kappa shape index (κ2) is 11.2. The first-order valence-corrected chi connectivity index (χ1v) is 9.54. The minimum absolute atomic E-state index is 0. The molecule has 6 heteroatoms. The van der Waals surface area contributed by atoms with Gasteiger partial charge >= 0.3 is 20.1 Å². The summed E-state index contributed by atoms with van der Waals surface area (Å²) in [5, 5.41) is 0. The first-order chi connectivity index (χ1) is 15.2. The van der Waals surface area contributed by atoms with Crippen molar-refractivity contribution < 1.29 is 33.5 Å². The molecule has 0 bridgehead atoms. The smallest absolute Gasteiger partial charge is 0.321 e. The Kier molecular flexibility index (Phi) is 8.14. The van der Waals surface area contributed by atoms with Crippen LogP contribution in [-0.2, 0) is 20.1 Å². The van der Waals surface area contributed by atoms with Gasteiger partial charge in [-0.3, -0.25) is 13.3 Å². The van der Waals surface area contributed by atoms with Gasteiger partial charge in [-0.25, -0.2) is 0 Å². The topological polar surface area (TPSA) is 21.7 Å². The van der Waals surface area contributed by atoms with Crippen molar-refractivity contribution >= 4 is 0 Å². The van der Waals surface area contributed by atoms with E-state index in [0.29, 0.717) is 5.69 Å². The third kappa shape index (κ3) is 5.81. The molecule has 2 aromatic heterocycles. The van der Waals surface area contributed by atoms with E-state index < -0.39 is 11.6 Å². The van der Waals surface area contributed by atoms with Gasteiger partial charge in [0, 0.05) is 30.2 Å². The maximum Gasteiger partial charge on any atom is 3.00 e. The number of aromatic nitrogens is 3. The summed E-state index contributed by atoms with van der Waals surface area (Å²) in [5.41, 5.74) is 2.72. The monoisotopic (exact) mass is 602 g/mol. The number of imidazole rings is 1. The number of rotatable bonds is 3. The van der Waals surface area contributed by atoms with Crippen LogP contribution in [0.2, 0.25) is 0 Å². The molecule has 32 heavy (non-hydrogen) atoms. The Labute approximate surface area is 199 Å². The molecular weight excluding hydrogens is 585 g/mol. The molecule has 0 saturated heterocycles. The number of hydrogen-bond donors (Lipinski definition) is 0. The van der Waals surface area contributed by atoms with Crippen LogP contribution in [0.4, 0.5) is 8.78 Å². The SMILES string of the molecule is Fc1c[c-]c(-c2ccccn2)c(F)c1.[Ir+3].[c-]1ccccc1-n1[c-][n+](-c2ccccc2)cc1. The van der Waals surface area contributed by atoms with Gasteiger partial charge in [0.1, 0.15) is 0 Å². The molecule has 0 aliphatic rings. The molecule has 5 aromatic rings. The van der Waals surface area contributed by atoms with E-state index in [1.807, 2.05) is 64.0 Å². The summed E-state index contributed by atoms with van der Waals surface area (Å²) in [6.45, 7) is 0. The van der Waals surface area contributed by atoms with Crippen LogP contribution in [0.1, 0.15) is 0 Å². The Morgan fingerprint density at radius 2 is 1.66 bits per heavy atom. The number of nitrogens with zero attached hydrogens (tertiary/aromatic N) is 3. The fourth-order valence-electron chi connectivity index (χ4n) is 2.87. The zero-order valence-corrected chi connectivity index (χ0v) is 19.1. The molecule has 0 amide bonds. The normalized spacial score (nSPS) is 9.94. The Bertz CT molecular complexity index is 1190. The van der Waals surface area contributed by atoms with E-state index in [-0.39, 0.29) is 25.7 Å². The quantitative estimate of drug-likeness (QED) is 0.207. The predicted molar refractivity (Wildman–Crippen MR) is 113 cm³/mol. The van der Waals surface area contributed by atoms with E-state index >= 15 is 0 Å². The molecule has 3 nitrogen and oxygen atoms in total. The minimum Gasteiger partial charge on any atom is -0.321 e. The third-order valence-corrected chi connectivity index (χ3v) is 4.35. The van der Waals surface area contributed by atoms with Crippen molar-refractivity contribution in [2.45, 2.75) is 0 Å². The summed E-state index contributed by atoms with van der Waals surface area (Å²) in [6.07, 6.45) is 8.75. The molecule has 0 spiro atoms. The zero-order chi connectivity index (χ0) is 21.5. The first kappa shape index (κ1) is 23.2. The molecule has 0 saturated carbocycles. The molecule has 2 heterocycles. The number of halogens is 2. The van der Waals surface area contributed by atoms with Crippen molar-refractivity contribution in [3.8, 4) is 22.6 Å². The second-order valence-corrected chi connectivity index (χ2v) is 6.48. The fraction of sp³-hybridized carbons (Fsp3) is 0. The fourth-order valence-corrected chi connectivity index (χ4v) is 2.87. The Morgan fingerprint density at radius 1 is 0.875 bits per heavy atom. The van der Waals surface area contributed by atoms with E-state index in [4.69, 9.17) is 0 Å². The molecule has 5 rings (SSSR count). The molecule has 0 atom stereocenters. The Morgan fingerprint density at radius 3 is 2.34 bits per heavy atom. The average molecular weight is 602 g/mol. The molecule has 0 unspecified atom stereocenters. The first-order valence-electron chi connectivity index (χ1n) is 9.54. The van der Waals surface area contributed by atoms with Gasteiger partial charge in [-0.2, -0.15) is 30.3 Å². The van der Waals surface area contributed by atoms with Crippen molar-refractivity contribution in [3.63, 3.8) is 0 Å². The van der Waals surface area contributed by atoms with Gasteiger partial charge in [-0.1, -0.05) is 42.0 Å². The van der Waals surface area contributed by atoms with Crippen LogP contribution in [-0.4, -0.2) is 9.55 Å². The van der Waals surface area contributed by atoms with E-state index in [9.17, 15) is 8.78 Å². The van der Waals surface area contributed by atoms with Gasteiger partial charge in [0.15, 0.2) is 0 Å². The molecule has 0 N–H and O–H groups in total. The zero-order valence-electron chi connectivity index (χ0n) is 16.7. The van der Waals surface area contributed by atoms with Crippen molar-refractivity contribution in [2.24, 2.45) is 0 Å². The minimum atomic E-state index is -0.649. The van der Waals surface area contributed by atoms with Gasteiger partial charge in [0.2, 0.25) is 0 Å². The molecule has 0 fully saturated rings. The van der Waals surface area contributed by atoms with Crippen LogP contribution in [0.5, 0.6) is 0 Å². The van der Waals surface area contributed by atoms with Gasteiger partial charge < -0.3 is 9.55 Å². The maximum atomic E-state index is 13.2. The Balaban J connectivity index is 0.000000178. The predicted octanol–water partition coefficient (Wildman–Crippen LogP) is 5.18. The van der Waals surface area contributed by atoms with E-state index in [1.54, 1.807) is 24.4 Å². The summed E-state index contributed by atoms with van der Waals surface area (Å²) in [6, 6.07) is 30.7. The second-order valence-electron chi connectivity index (χ2n) is 6.48. The number of hydrogen-bond acceptors (Lipinski definition) is 1. The van der Waals surface area contributed by atoms with Crippen LogP contribution in [0.15, 0.2) is 104 Å². The van der Waals surface area contributed by atoms with E-state index in [2.05, 4.69) is 35.6 Å². The van der Waals surface area contributed by atoms with Crippen molar-refractivity contribution in [1.82, 2.24) is 9.55 Å². The largest absolute Gasteiger partial charge is 3.00 e. The summed E-state index contributed by atoms with van der Waals surface area (Å²) in [5.74, 6) is -1.29. The molecule has 0 aliphatic heterocycles. The maximum absolute atomic E-state index is 13.2. The molecular formula is C26H17F2IrN3+. The number of pyridine rings is 1.